The van der Waals surface area contributed by atoms with Gasteiger partial charge in [-0.25, -0.2) is 9.18 Å². The number of rotatable bonds is 4. The van der Waals surface area contributed by atoms with Gasteiger partial charge in [-0.2, -0.15) is 26.3 Å². The smallest absolute Gasteiger partial charge is 0.323 e. The maximum Gasteiger partial charge on any atom is 0.416 e. The Balaban J connectivity index is 1.60. The van der Waals surface area contributed by atoms with Crippen LogP contribution in [-0.4, -0.2) is 53.5 Å². The van der Waals surface area contributed by atoms with Gasteiger partial charge in [-0.1, -0.05) is 12.5 Å². The second-order valence-corrected chi connectivity index (χ2v) is 10.5. The highest BCUT2D eigenvalue weighted by molar-refractivity contribution is 5.75. The Morgan fingerprint density at radius 3 is 2.10 bits per heavy atom. The molecule has 2 aromatic carbocycles. The number of halogens is 7. The number of urea groups is 1. The molecule has 0 aliphatic carbocycles. The highest BCUT2D eigenvalue weighted by Gasteiger charge is 2.39. The lowest BCUT2D eigenvalue weighted by atomic mass is 9.88. The van der Waals surface area contributed by atoms with Gasteiger partial charge in [-0.15, -0.1) is 0 Å². The summed E-state index contributed by atoms with van der Waals surface area (Å²) in [5, 5.41) is 0. The Morgan fingerprint density at radius 1 is 0.923 bits per heavy atom. The lowest BCUT2D eigenvalue weighted by molar-refractivity contribution is -0.143. The van der Waals surface area contributed by atoms with Crippen LogP contribution in [0.4, 0.5) is 35.5 Å². The van der Waals surface area contributed by atoms with Crippen LogP contribution in [0.5, 0.6) is 0 Å². The second-order valence-electron chi connectivity index (χ2n) is 10.5. The molecule has 11 heteroatoms. The van der Waals surface area contributed by atoms with Crippen molar-refractivity contribution in [2.24, 2.45) is 0 Å². The molecule has 214 valence electrons. The number of hydrogen-bond acceptors (Lipinski definition) is 2. The number of alkyl halides is 6. The van der Waals surface area contributed by atoms with Crippen molar-refractivity contribution in [2.75, 3.05) is 26.7 Å². The van der Waals surface area contributed by atoms with E-state index in [1.807, 2.05) is 0 Å². The highest BCUT2D eigenvalue weighted by atomic mass is 19.4. The van der Waals surface area contributed by atoms with Crippen LogP contribution < -0.4 is 0 Å². The normalized spacial score (nSPS) is 21.2. The molecule has 0 radical (unpaired) electrons. The molecule has 4 nitrogen and oxygen atoms in total. The Morgan fingerprint density at radius 2 is 1.54 bits per heavy atom. The number of benzene rings is 2. The summed E-state index contributed by atoms with van der Waals surface area (Å²) in [6.07, 6.45) is -5.28. The molecule has 2 amide bonds. The summed E-state index contributed by atoms with van der Waals surface area (Å²) >= 11 is 0. The van der Waals surface area contributed by atoms with Crippen molar-refractivity contribution in [2.45, 2.75) is 70.0 Å². The van der Waals surface area contributed by atoms with Gasteiger partial charge in [0.25, 0.3) is 0 Å². The van der Waals surface area contributed by atoms with Crippen LogP contribution in [0.25, 0.3) is 0 Å². The predicted octanol–water partition coefficient (Wildman–Crippen LogP) is 7.42. The minimum absolute atomic E-state index is 0.0734. The van der Waals surface area contributed by atoms with Gasteiger partial charge in [0.15, 0.2) is 0 Å². The van der Waals surface area contributed by atoms with Crippen LogP contribution in [0.1, 0.15) is 66.0 Å². The van der Waals surface area contributed by atoms with Crippen molar-refractivity contribution in [3.05, 3.63) is 70.0 Å². The first-order valence-corrected chi connectivity index (χ1v) is 13.0. The number of nitrogens with zero attached hydrogens (tertiary/aromatic N) is 3. The van der Waals surface area contributed by atoms with Crippen LogP contribution in [0.3, 0.4) is 0 Å². The average molecular weight is 560 g/mol. The molecule has 0 spiro atoms. The van der Waals surface area contributed by atoms with E-state index in [1.165, 1.54) is 25.6 Å². The number of carbonyl (C=O) groups is 1. The lowest BCUT2D eigenvalue weighted by Crippen LogP contribution is -2.52. The Hall–Kier alpha value is -2.82. The van der Waals surface area contributed by atoms with Crippen LogP contribution in [0.2, 0.25) is 0 Å². The summed E-state index contributed by atoms with van der Waals surface area (Å²) in [6.45, 7) is 3.61. The Bertz CT molecular complexity index is 1140. The first-order chi connectivity index (χ1) is 18.2. The van der Waals surface area contributed by atoms with Crippen molar-refractivity contribution >= 4 is 6.03 Å². The molecule has 2 aliphatic heterocycles. The van der Waals surface area contributed by atoms with E-state index in [9.17, 15) is 35.5 Å². The zero-order chi connectivity index (χ0) is 28.5. The van der Waals surface area contributed by atoms with Crippen molar-refractivity contribution in [1.82, 2.24) is 14.7 Å². The van der Waals surface area contributed by atoms with E-state index in [4.69, 9.17) is 0 Å². The molecule has 2 aromatic rings. The highest BCUT2D eigenvalue weighted by Crippen LogP contribution is 2.38. The molecule has 0 bridgehead atoms. The van der Waals surface area contributed by atoms with Gasteiger partial charge in [-0.3, -0.25) is 0 Å². The molecule has 39 heavy (non-hydrogen) atoms. The fraction of sp³-hybridized carbons (Fsp3) is 0.536. The Kier molecular flexibility index (Phi) is 8.49. The molecule has 4 rings (SSSR count). The molecule has 0 aromatic heterocycles. The van der Waals surface area contributed by atoms with E-state index >= 15 is 0 Å². The Labute approximate surface area is 223 Å². The topological polar surface area (TPSA) is 26.8 Å². The van der Waals surface area contributed by atoms with Gasteiger partial charge in [0.1, 0.15) is 5.82 Å². The van der Waals surface area contributed by atoms with Gasteiger partial charge < -0.3 is 14.7 Å². The largest absolute Gasteiger partial charge is 0.416 e. The molecule has 2 heterocycles. The fourth-order valence-corrected chi connectivity index (χ4v) is 5.77. The van der Waals surface area contributed by atoms with Crippen LogP contribution in [0, 0.1) is 12.7 Å². The molecular formula is C28H32F7N3O. The van der Waals surface area contributed by atoms with Crippen molar-refractivity contribution in [3.8, 4) is 0 Å². The van der Waals surface area contributed by atoms with Crippen LogP contribution in [0.15, 0.2) is 36.4 Å². The van der Waals surface area contributed by atoms with Gasteiger partial charge >= 0.3 is 18.4 Å². The number of piperidine rings is 2. The van der Waals surface area contributed by atoms with Crippen molar-refractivity contribution in [3.63, 3.8) is 0 Å². The maximum atomic E-state index is 13.9. The minimum atomic E-state index is -4.97. The zero-order valence-electron chi connectivity index (χ0n) is 21.9. The zero-order valence-corrected chi connectivity index (χ0v) is 21.9. The molecule has 0 saturated carbocycles. The van der Waals surface area contributed by atoms with E-state index in [2.05, 4.69) is 4.90 Å². The number of aryl methyl sites for hydroxylation is 1. The van der Waals surface area contributed by atoms with Gasteiger partial charge in [-0.05, 0) is 92.7 Å². The number of hydrogen-bond donors (Lipinski definition) is 0. The molecular weight excluding hydrogens is 527 g/mol. The van der Waals surface area contributed by atoms with Crippen LogP contribution in [-0.2, 0) is 18.9 Å². The second kappa shape index (κ2) is 11.3. The van der Waals surface area contributed by atoms with Crippen molar-refractivity contribution < 1.29 is 35.5 Å². The summed E-state index contributed by atoms with van der Waals surface area (Å²) in [5.41, 5.74) is -1.66. The van der Waals surface area contributed by atoms with E-state index in [1.54, 1.807) is 17.9 Å². The molecule has 2 fully saturated rings. The summed E-state index contributed by atoms with van der Waals surface area (Å²) in [4.78, 5) is 18.8. The third kappa shape index (κ3) is 6.85. The number of carbonyl (C=O) groups excluding carboxylic acids is 1. The third-order valence-electron chi connectivity index (χ3n) is 7.71. The average Bonchev–Trinajstić information content (AvgIpc) is 2.87. The van der Waals surface area contributed by atoms with E-state index in [0.29, 0.717) is 37.1 Å². The van der Waals surface area contributed by atoms with E-state index < -0.39 is 47.9 Å². The molecule has 0 N–H and O–H groups in total. The fourth-order valence-electron chi connectivity index (χ4n) is 5.77. The van der Waals surface area contributed by atoms with Gasteiger partial charge in [0.05, 0.1) is 17.2 Å². The summed E-state index contributed by atoms with van der Waals surface area (Å²) < 4.78 is 93.9. The van der Waals surface area contributed by atoms with Crippen molar-refractivity contribution in [1.29, 1.82) is 0 Å². The van der Waals surface area contributed by atoms with Gasteiger partial charge in [0.2, 0.25) is 0 Å². The SMILES string of the molecule is Cc1cc(F)ccc1[C@@H]1C[C@@H](N2CCCCC2)CCN1C(=O)N(C)Cc1cc(C(F)(F)F)cc(C(F)(F)F)c1. The summed E-state index contributed by atoms with van der Waals surface area (Å²) in [5.74, 6) is -0.403. The summed E-state index contributed by atoms with van der Waals surface area (Å²) in [6, 6.07) is 5.04. The minimum Gasteiger partial charge on any atom is -0.323 e. The molecule has 2 saturated heterocycles. The quantitative estimate of drug-likeness (QED) is 0.365. The lowest BCUT2D eigenvalue weighted by Gasteiger charge is -2.46. The third-order valence-corrected chi connectivity index (χ3v) is 7.71. The molecule has 2 aliphatic rings. The maximum absolute atomic E-state index is 13.9. The standard InChI is InChI=1S/C28H32F7N3O/c1-18-12-22(29)6-7-24(18)25-16-23(37-9-4-3-5-10-37)8-11-38(25)26(39)36(2)17-19-13-20(27(30,31)32)15-21(14-19)28(33,34)35/h6-7,12-15,23,25H,3-5,8-11,16-17H2,1-2H3/t23-,25-/m0/s1. The summed E-state index contributed by atoms with van der Waals surface area (Å²) in [7, 11) is 1.36. The molecule has 2 atom stereocenters. The van der Waals surface area contributed by atoms with E-state index in [0.717, 1.165) is 36.4 Å². The van der Waals surface area contributed by atoms with Crippen LogP contribution >= 0.6 is 0 Å². The monoisotopic (exact) mass is 559 g/mol. The van der Waals surface area contributed by atoms with Gasteiger partial charge in [0, 0.05) is 26.2 Å². The first kappa shape index (κ1) is 29.2. The van der Waals surface area contributed by atoms with E-state index in [-0.39, 0.29) is 17.7 Å². The predicted molar refractivity (Wildman–Crippen MR) is 132 cm³/mol. The number of likely N-dealkylation sites (tertiary alicyclic amines) is 2. The first-order valence-electron chi connectivity index (χ1n) is 13.0. The molecule has 0 unspecified atom stereocenters. The number of amides is 2.